The first-order chi connectivity index (χ1) is 7.68. The first-order valence-electron chi connectivity index (χ1n) is 6.49. The van der Waals surface area contributed by atoms with E-state index in [9.17, 15) is 0 Å². The van der Waals surface area contributed by atoms with E-state index in [1.807, 2.05) is 0 Å². The van der Waals surface area contributed by atoms with Crippen LogP contribution in [0.1, 0.15) is 39.0 Å². The van der Waals surface area contributed by atoms with Gasteiger partial charge in [-0.25, -0.2) is 0 Å². The lowest BCUT2D eigenvalue weighted by atomic mass is 10.2. The Labute approximate surface area is 102 Å². The lowest BCUT2D eigenvalue weighted by molar-refractivity contribution is 0.248. The summed E-state index contributed by atoms with van der Waals surface area (Å²) in [5.74, 6) is 0. The minimum atomic E-state index is -1.82. The van der Waals surface area contributed by atoms with Gasteiger partial charge in [0.1, 0.15) is 0 Å². The zero-order valence-corrected chi connectivity index (χ0v) is 12.5. The van der Waals surface area contributed by atoms with Gasteiger partial charge in [0, 0.05) is 14.2 Å². The number of nitrogens with one attached hydrogen (secondary N) is 1. The van der Waals surface area contributed by atoms with Crippen LogP contribution in [0.3, 0.4) is 0 Å². The number of rotatable bonds is 11. The monoisotopic (exact) mass is 247 g/mol. The van der Waals surface area contributed by atoms with Crippen molar-refractivity contribution in [3.05, 3.63) is 0 Å². The Bertz CT molecular complexity index is 152. The molecular weight excluding hydrogens is 218 g/mol. The van der Waals surface area contributed by atoms with Crippen LogP contribution in [-0.2, 0) is 8.85 Å². The summed E-state index contributed by atoms with van der Waals surface area (Å²) >= 11 is 0. The van der Waals surface area contributed by atoms with E-state index in [2.05, 4.69) is 18.8 Å². The Hall–Kier alpha value is 0.0969. The van der Waals surface area contributed by atoms with Crippen LogP contribution in [0.25, 0.3) is 0 Å². The van der Waals surface area contributed by atoms with Crippen molar-refractivity contribution in [3.63, 3.8) is 0 Å². The van der Waals surface area contributed by atoms with Crippen molar-refractivity contribution in [3.8, 4) is 0 Å². The molecule has 0 heterocycles. The first kappa shape index (κ1) is 16.1. The molecule has 0 aromatic rings. The molecule has 0 unspecified atom stereocenters. The molecule has 0 rings (SSSR count). The van der Waals surface area contributed by atoms with E-state index >= 15 is 0 Å². The van der Waals surface area contributed by atoms with Crippen LogP contribution in [0.2, 0.25) is 12.6 Å². The molecule has 0 saturated carbocycles. The maximum Gasteiger partial charge on any atom is 0.334 e. The summed E-state index contributed by atoms with van der Waals surface area (Å²) in [6, 6.07) is 1.07. The Morgan fingerprint density at radius 2 is 1.56 bits per heavy atom. The minimum absolute atomic E-state index is 1.07. The summed E-state index contributed by atoms with van der Waals surface area (Å²) in [5.41, 5.74) is 0. The maximum absolute atomic E-state index is 5.44. The summed E-state index contributed by atoms with van der Waals surface area (Å²) in [7, 11) is 1.70. The molecule has 1 N–H and O–H groups in total. The molecule has 0 saturated heterocycles. The minimum Gasteiger partial charge on any atom is -0.398 e. The van der Waals surface area contributed by atoms with Gasteiger partial charge in [-0.15, -0.1) is 0 Å². The summed E-state index contributed by atoms with van der Waals surface area (Å²) in [6.45, 7) is 6.60. The number of hydrogen-bond donors (Lipinski definition) is 1. The Morgan fingerprint density at radius 1 is 0.938 bits per heavy atom. The van der Waals surface area contributed by atoms with Gasteiger partial charge >= 0.3 is 8.56 Å². The van der Waals surface area contributed by atoms with Crippen LogP contribution in [0.4, 0.5) is 0 Å². The molecular formula is C12H29NO2Si. The molecule has 0 aliphatic heterocycles. The zero-order chi connectivity index (χ0) is 12.3. The molecule has 0 spiro atoms. The Morgan fingerprint density at radius 3 is 2.12 bits per heavy atom. The molecule has 0 aromatic heterocycles. The second kappa shape index (κ2) is 10.3. The second-order valence-electron chi connectivity index (χ2n) is 4.46. The standard InChI is InChI=1S/C12H29NO2Si/c1-5-6-7-8-10-13-11-9-12-16(4,14-2)15-3/h13H,5-12H2,1-4H3. The van der Waals surface area contributed by atoms with Crippen LogP contribution < -0.4 is 5.32 Å². The van der Waals surface area contributed by atoms with Gasteiger partial charge in [0.25, 0.3) is 0 Å². The molecule has 0 bridgehead atoms. The third-order valence-corrected chi connectivity index (χ3v) is 6.04. The van der Waals surface area contributed by atoms with Crippen molar-refractivity contribution in [1.82, 2.24) is 5.32 Å². The van der Waals surface area contributed by atoms with Crippen molar-refractivity contribution in [2.75, 3.05) is 27.3 Å². The smallest absolute Gasteiger partial charge is 0.334 e. The molecule has 0 atom stereocenters. The van der Waals surface area contributed by atoms with Crippen molar-refractivity contribution in [2.24, 2.45) is 0 Å². The Kier molecular flexibility index (Phi) is 10.3. The SMILES string of the molecule is CCCCCCNCCC[Si](C)(OC)OC. The molecule has 0 amide bonds. The quantitative estimate of drug-likeness (QED) is 0.450. The third kappa shape index (κ3) is 8.27. The lowest BCUT2D eigenvalue weighted by Gasteiger charge is -2.22. The lowest BCUT2D eigenvalue weighted by Crippen LogP contribution is -2.36. The van der Waals surface area contributed by atoms with Gasteiger partial charge in [-0.2, -0.15) is 0 Å². The van der Waals surface area contributed by atoms with Crippen LogP contribution in [-0.4, -0.2) is 35.9 Å². The van der Waals surface area contributed by atoms with Crippen LogP contribution in [0.5, 0.6) is 0 Å². The number of unbranched alkanes of at least 4 members (excludes halogenated alkanes) is 3. The van der Waals surface area contributed by atoms with Gasteiger partial charge in [0.15, 0.2) is 0 Å². The predicted molar refractivity (Wildman–Crippen MR) is 72.1 cm³/mol. The molecule has 0 aliphatic rings. The highest BCUT2D eigenvalue weighted by molar-refractivity contribution is 6.65. The highest BCUT2D eigenvalue weighted by Crippen LogP contribution is 2.12. The fraction of sp³-hybridized carbons (Fsp3) is 1.00. The van der Waals surface area contributed by atoms with Gasteiger partial charge in [0.05, 0.1) is 0 Å². The van der Waals surface area contributed by atoms with Crippen LogP contribution >= 0.6 is 0 Å². The van der Waals surface area contributed by atoms with Gasteiger partial charge in [-0.3, -0.25) is 0 Å². The van der Waals surface area contributed by atoms with Gasteiger partial charge in [-0.1, -0.05) is 26.2 Å². The fourth-order valence-corrected chi connectivity index (χ4v) is 3.02. The van der Waals surface area contributed by atoms with Crippen LogP contribution in [0.15, 0.2) is 0 Å². The molecule has 0 aromatic carbocycles. The largest absolute Gasteiger partial charge is 0.398 e. The van der Waals surface area contributed by atoms with E-state index in [-0.39, 0.29) is 0 Å². The highest BCUT2D eigenvalue weighted by Gasteiger charge is 2.27. The van der Waals surface area contributed by atoms with Gasteiger partial charge in [0.2, 0.25) is 0 Å². The van der Waals surface area contributed by atoms with E-state index in [0.29, 0.717) is 0 Å². The van der Waals surface area contributed by atoms with Crippen molar-refractivity contribution in [1.29, 1.82) is 0 Å². The Balaban J connectivity index is 3.26. The summed E-state index contributed by atoms with van der Waals surface area (Å²) in [5, 5.41) is 3.48. The molecule has 0 aliphatic carbocycles. The molecule has 4 heteroatoms. The molecule has 3 nitrogen and oxygen atoms in total. The average molecular weight is 247 g/mol. The van der Waals surface area contributed by atoms with Crippen molar-refractivity contribution < 1.29 is 8.85 Å². The van der Waals surface area contributed by atoms with Gasteiger partial charge in [-0.05, 0) is 38.5 Å². The van der Waals surface area contributed by atoms with Crippen LogP contribution in [0, 0.1) is 0 Å². The van der Waals surface area contributed by atoms with Crippen molar-refractivity contribution in [2.45, 2.75) is 51.6 Å². The van der Waals surface area contributed by atoms with Crippen molar-refractivity contribution >= 4 is 8.56 Å². The average Bonchev–Trinajstić information content (AvgIpc) is 2.32. The molecule has 16 heavy (non-hydrogen) atoms. The van der Waals surface area contributed by atoms with Gasteiger partial charge < -0.3 is 14.2 Å². The fourth-order valence-electron chi connectivity index (χ4n) is 1.62. The summed E-state index contributed by atoms with van der Waals surface area (Å²) < 4.78 is 10.9. The molecule has 0 radical (unpaired) electrons. The van der Waals surface area contributed by atoms with E-state index in [1.165, 1.54) is 25.7 Å². The summed E-state index contributed by atoms with van der Waals surface area (Å²) in [4.78, 5) is 0. The van der Waals surface area contributed by atoms with E-state index in [0.717, 1.165) is 25.6 Å². The number of hydrogen-bond acceptors (Lipinski definition) is 3. The predicted octanol–water partition coefficient (Wildman–Crippen LogP) is 2.91. The zero-order valence-electron chi connectivity index (χ0n) is 11.5. The maximum atomic E-state index is 5.44. The second-order valence-corrected chi connectivity index (χ2v) is 8.04. The van der Waals surface area contributed by atoms with E-state index in [4.69, 9.17) is 8.85 Å². The highest BCUT2D eigenvalue weighted by atomic mass is 28.4. The third-order valence-electron chi connectivity index (χ3n) is 3.06. The first-order valence-corrected chi connectivity index (χ1v) is 9.02. The van der Waals surface area contributed by atoms with E-state index in [1.54, 1.807) is 14.2 Å². The molecule has 98 valence electrons. The normalized spacial score (nSPS) is 12.0. The topological polar surface area (TPSA) is 30.5 Å². The summed E-state index contributed by atoms with van der Waals surface area (Å²) in [6.07, 6.45) is 6.48. The van der Waals surface area contributed by atoms with E-state index < -0.39 is 8.56 Å². The molecule has 0 fully saturated rings.